The van der Waals surface area contributed by atoms with Crippen molar-refractivity contribution in [3.63, 3.8) is 0 Å². The van der Waals surface area contributed by atoms with E-state index in [0.717, 1.165) is 25.7 Å². The number of aryl methyl sites for hydroxylation is 2. The molecule has 0 N–H and O–H groups in total. The minimum atomic E-state index is 0.357. The Labute approximate surface area is 169 Å². The number of azo groups is 1. The van der Waals surface area contributed by atoms with Crippen molar-refractivity contribution in [3.05, 3.63) is 70.1 Å². The monoisotopic (exact) mass is 382 g/mol. The molecule has 0 aliphatic rings. The highest BCUT2D eigenvalue weighted by Crippen LogP contribution is 2.20. The molecule has 0 heterocycles. The van der Waals surface area contributed by atoms with Crippen molar-refractivity contribution < 1.29 is 9.72 Å². The van der Waals surface area contributed by atoms with Crippen LogP contribution in [0.2, 0.25) is 0 Å². The van der Waals surface area contributed by atoms with Gasteiger partial charge in [0.25, 0.3) is 11.4 Å². The lowest BCUT2D eigenvalue weighted by molar-refractivity contribution is -0.896. The van der Waals surface area contributed by atoms with E-state index in [0.29, 0.717) is 21.1 Å². The van der Waals surface area contributed by atoms with E-state index in [2.05, 4.69) is 13.8 Å². The van der Waals surface area contributed by atoms with E-state index in [9.17, 15) is 10.4 Å². The average molecular weight is 383 g/mol. The zero-order chi connectivity index (χ0) is 20.2. The number of rotatable bonds is 12. The minimum Gasteiger partial charge on any atom is -0.561 e. The maximum atomic E-state index is 12.4. The van der Waals surface area contributed by atoms with Gasteiger partial charge >= 0.3 is 0 Å². The molecule has 0 aliphatic heterocycles. The standard InChI is InChI=1S/C24H34N2O2/c1-3-5-7-9-11-21-13-17-23(18-14-21)25(27)26(28)24-19-15-22(16-20-24)12-10-8-6-4-2/h13-20H,3-12H2,1-2H3/b26-25+. The molecule has 0 amide bonds. The molecule has 0 aliphatic carbocycles. The van der Waals surface area contributed by atoms with Crippen LogP contribution < -0.4 is 0 Å². The van der Waals surface area contributed by atoms with Crippen molar-refractivity contribution in [2.75, 3.05) is 0 Å². The highest BCUT2D eigenvalue weighted by Gasteiger charge is 2.15. The summed E-state index contributed by atoms with van der Waals surface area (Å²) in [6, 6.07) is 14.7. The van der Waals surface area contributed by atoms with Crippen molar-refractivity contribution >= 4 is 11.4 Å². The van der Waals surface area contributed by atoms with Crippen LogP contribution in [0.15, 0.2) is 48.5 Å². The van der Waals surface area contributed by atoms with Crippen LogP contribution in [-0.2, 0) is 12.8 Å². The highest BCUT2D eigenvalue weighted by molar-refractivity contribution is 5.34. The molecule has 152 valence electrons. The largest absolute Gasteiger partial charge is 0.561 e. The van der Waals surface area contributed by atoms with Crippen LogP contribution in [0.5, 0.6) is 0 Å². The van der Waals surface area contributed by atoms with Crippen LogP contribution in [0.1, 0.15) is 76.3 Å². The van der Waals surface area contributed by atoms with Gasteiger partial charge in [-0.25, -0.2) is 0 Å². The third-order valence-electron chi connectivity index (χ3n) is 5.12. The molecule has 0 saturated heterocycles. The summed E-state index contributed by atoms with van der Waals surface area (Å²) in [4.78, 5) is 0.828. The predicted octanol–water partition coefficient (Wildman–Crippen LogP) is 7.37. The Morgan fingerprint density at radius 1 is 0.536 bits per heavy atom. The molecule has 4 nitrogen and oxygen atoms in total. The average Bonchev–Trinajstić information content (AvgIpc) is 2.74. The third kappa shape index (κ3) is 6.99. The summed E-state index contributed by atoms with van der Waals surface area (Å²) >= 11 is 0. The summed E-state index contributed by atoms with van der Waals surface area (Å²) < 4.78 is 0. The third-order valence-corrected chi connectivity index (χ3v) is 5.12. The molecular weight excluding hydrogens is 348 g/mol. The summed E-state index contributed by atoms with van der Waals surface area (Å²) in [5.41, 5.74) is 3.13. The van der Waals surface area contributed by atoms with Crippen LogP contribution in [0.3, 0.4) is 0 Å². The highest BCUT2D eigenvalue weighted by atomic mass is 16.6. The van der Waals surface area contributed by atoms with Gasteiger partial charge in [0.05, 0.1) is 9.72 Å². The van der Waals surface area contributed by atoms with Crippen molar-refractivity contribution in [3.8, 4) is 0 Å². The van der Waals surface area contributed by atoms with Gasteiger partial charge in [-0.2, -0.15) is 0 Å². The Morgan fingerprint density at radius 3 is 1.21 bits per heavy atom. The summed E-state index contributed by atoms with van der Waals surface area (Å²) in [7, 11) is 0. The number of benzene rings is 2. The topological polar surface area (TPSA) is 52.1 Å². The maximum absolute atomic E-state index is 12.4. The summed E-state index contributed by atoms with van der Waals surface area (Å²) in [5.74, 6) is 0. The molecular formula is C24H34N2O2. The number of hydrogen-bond donors (Lipinski definition) is 0. The molecule has 0 unspecified atom stereocenters. The fourth-order valence-corrected chi connectivity index (χ4v) is 3.30. The van der Waals surface area contributed by atoms with Gasteiger partial charge in [-0.1, -0.05) is 76.6 Å². The number of hydrogen-bond acceptors (Lipinski definition) is 2. The van der Waals surface area contributed by atoms with Gasteiger partial charge in [0.1, 0.15) is 0 Å². The molecule has 0 atom stereocenters. The van der Waals surface area contributed by atoms with Gasteiger partial charge in [0.15, 0.2) is 0 Å². The molecule has 0 aromatic heterocycles. The van der Waals surface area contributed by atoms with Gasteiger partial charge < -0.3 is 10.4 Å². The normalized spacial score (nSPS) is 12.1. The second-order valence-electron chi connectivity index (χ2n) is 7.50. The Hall–Kier alpha value is -2.36. The fraction of sp³-hybridized carbons (Fsp3) is 0.500. The predicted molar refractivity (Wildman–Crippen MR) is 115 cm³/mol. The minimum absolute atomic E-state index is 0.357. The first-order valence-electron chi connectivity index (χ1n) is 10.8. The van der Waals surface area contributed by atoms with E-state index >= 15 is 0 Å². The first kappa shape index (κ1) is 21.9. The SMILES string of the molecule is CCCCCCc1ccc(/[N+]([O-])=[N+](\[O-])c2ccc(CCCCCC)cc2)cc1. The molecule has 0 saturated carbocycles. The van der Waals surface area contributed by atoms with Gasteiger partial charge in [-0.3, -0.25) is 0 Å². The molecule has 28 heavy (non-hydrogen) atoms. The van der Waals surface area contributed by atoms with Gasteiger partial charge in [-0.15, -0.1) is 0 Å². The Morgan fingerprint density at radius 2 is 0.893 bits per heavy atom. The lowest BCUT2D eigenvalue weighted by Gasteiger charge is -2.05. The summed E-state index contributed by atoms with van der Waals surface area (Å²) in [6.45, 7) is 4.40. The molecule has 2 rings (SSSR count). The van der Waals surface area contributed by atoms with Crippen molar-refractivity contribution in [2.45, 2.75) is 78.1 Å². The van der Waals surface area contributed by atoms with E-state index in [4.69, 9.17) is 0 Å². The Bertz CT molecular complexity index is 658. The molecule has 2 aromatic rings. The van der Waals surface area contributed by atoms with Gasteiger partial charge in [0, 0.05) is 24.3 Å². The summed E-state index contributed by atoms with van der Waals surface area (Å²) in [6.07, 6.45) is 11.8. The van der Waals surface area contributed by atoms with Crippen molar-refractivity contribution in [1.82, 2.24) is 0 Å². The van der Waals surface area contributed by atoms with Crippen molar-refractivity contribution in [2.24, 2.45) is 0 Å². The number of unbranched alkanes of at least 4 members (excludes halogenated alkanes) is 6. The Balaban J connectivity index is 1.97. The fourth-order valence-electron chi connectivity index (χ4n) is 3.30. The molecule has 0 radical (unpaired) electrons. The molecule has 4 heteroatoms. The second kappa shape index (κ2) is 12.2. The van der Waals surface area contributed by atoms with Crippen LogP contribution in [-0.4, -0.2) is 9.72 Å². The Kier molecular flexibility index (Phi) is 9.53. The van der Waals surface area contributed by atoms with Crippen molar-refractivity contribution in [1.29, 1.82) is 0 Å². The van der Waals surface area contributed by atoms with E-state index in [1.807, 2.05) is 24.3 Å². The molecule has 2 aromatic carbocycles. The summed E-state index contributed by atoms with van der Waals surface area (Å²) in [5, 5.41) is 24.8. The lowest BCUT2D eigenvalue weighted by atomic mass is 10.1. The quantitative estimate of drug-likeness (QED) is 0.166. The molecule has 0 fully saturated rings. The molecule has 0 spiro atoms. The van der Waals surface area contributed by atoms with Crippen LogP contribution >= 0.6 is 0 Å². The second-order valence-corrected chi connectivity index (χ2v) is 7.50. The number of nitrogens with zero attached hydrogens (tertiary/aromatic N) is 2. The zero-order valence-corrected chi connectivity index (χ0v) is 17.4. The van der Waals surface area contributed by atoms with E-state index in [-0.39, 0.29) is 0 Å². The molecule has 0 bridgehead atoms. The van der Waals surface area contributed by atoms with E-state index in [1.165, 1.54) is 49.7 Å². The smallest absolute Gasteiger partial charge is 0.287 e. The van der Waals surface area contributed by atoms with E-state index < -0.39 is 0 Å². The maximum Gasteiger partial charge on any atom is 0.287 e. The zero-order valence-electron chi connectivity index (χ0n) is 17.4. The van der Waals surface area contributed by atoms with Crippen LogP contribution in [0.25, 0.3) is 0 Å². The first-order valence-corrected chi connectivity index (χ1v) is 10.8. The van der Waals surface area contributed by atoms with E-state index in [1.54, 1.807) is 24.3 Å². The van der Waals surface area contributed by atoms with Gasteiger partial charge in [0.2, 0.25) is 0 Å². The lowest BCUT2D eigenvalue weighted by Crippen LogP contribution is -2.08. The van der Waals surface area contributed by atoms with Crippen LogP contribution in [0, 0.1) is 10.4 Å². The van der Waals surface area contributed by atoms with Crippen LogP contribution in [0.4, 0.5) is 11.4 Å². The van der Waals surface area contributed by atoms with Gasteiger partial charge in [-0.05, 0) is 36.8 Å². The first-order chi connectivity index (χ1) is 13.7.